The van der Waals surface area contributed by atoms with Crippen molar-refractivity contribution in [3.8, 4) is 11.5 Å². The molecule has 0 atom stereocenters. The smallest absolute Gasteiger partial charge is 0.341 e. The fourth-order valence-corrected chi connectivity index (χ4v) is 4.18. The molecule has 0 spiro atoms. The van der Waals surface area contributed by atoms with Gasteiger partial charge in [-0.05, 0) is 59.8 Å². The molecule has 1 amide bonds. The first-order valence-electron chi connectivity index (χ1n) is 9.40. The van der Waals surface area contributed by atoms with E-state index in [1.54, 1.807) is 49.5 Å². The lowest BCUT2D eigenvalue weighted by Crippen LogP contribution is -2.23. The number of nitrogens with zero attached hydrogens (tertiary/aromatic N) is 2. The third-order valence-electron chi connectivity index (χ3n) is 4.44. The lowest BCUT2D eigenvalue weighted by atomic mass is 10.2. The first-order valence-corrected chi connectivity index (χ1v) is 11.0. The summed E-state index contributed by atoms with van der Waals surface area (Å²) in [6.45, 7) is -0.511. The molecule has 0 radical (unpaired) electrons. The summed E-state index contributed by atoms with van der Waals surface area (Å²) >= 11 is 4.62. The molecular weight excluding hydrogens is 516 g/mol. The Hall–Kier alpha value is -3.31. The van der Waals surface area contributed by atoms with Crippen molar-refractivity contribution in [2.45, 2.75) is 0 Å². The van der Waals surface area contributed by atoms with Crippen LogP contribution in [0, 0.1) is 0 Å². The summed E-state index contributed by atoms with van der Waals surface area (Å²) in [5.41, 5.74) is 1.62. The van der Waals surface area contributed by atoms with Gasteiger partial charge in [-0.2, -0.15) is 0 Å². The predicted molar refractivity (Wildman–Crippen MR) is 127 cm³/mol. The van der Waals surface area contributed by atoms with Gasteiger partial charge in [-0.15, -0.1) is 0 Å². The van der Waals surface area contributed by atoms with Crippen LogP contribution < -0.4 is 9.47 Å². The standard InChI is InChI=1S/C22H19BrN2O7S/c1-25-20(28)18(33-22(25)24-14-6-4-12(5-7-14)21(29)31-3)9-13-8-16(30-2)17(10-15(13)23)32-11-19(26)27/h4-10H,11H2,1-3H3,(H,26,27). The fraction of sp³-hybridized carbons (Fsp3) is 0.182. The van der Waals surface area contributed by atoms with Gasteiger partial charge >= 0.3 is 11.9 Å². The second-order valence-corrected chi connectivity index (χ2v) is 8.48. The minimum atomic E-state index is -1.11. The molecule has 0 saturated carbocycles. The molecule has 172 valence electrons. The van der Waals surface area contributed by atoms with E-state index in [4.69, 9.17) is 14.6 Å². The number of hydrogen-bond donors (Lipinski definition) is 1. The first kappa shape index (κ1) is 24.3. The monoisotopic (exact) mass is 534 g/mol. The van der Waals surface area contributed by atoms with Gasteiger partial charge < -0.3 is 19.3 Å². The number of methoxy groups -OCH3 is 2. The molecule has 0 unspecified atom stereocenters. The topological polar surface area (TPSA) is 115 Å². The lowest BCUT2D eigenvalue weighted by Gasteiger charge is -2.11. The van der Waals surface area contributed by atoms with Crippen LogP contribution in [0.2, 0.25) is 0 Å². The maximum Gasteiger partial charge on any atom is 0.341 e. The minimum absolute atomic E-state index is 0.234. The third kappa shape index (κ3) is 5.74. The van der Waals surface area contributed by atoms with E-state index >= 15 is 0 Å². The number of benzene rings is 2. The lowest BCUT2D eigenvalue weighted by molar-refractivity contribution is -0.139. The van der Waals surface area contributed by atoms with Crippen LogP contribution >= 0.6 is 27.7 Å². The van der Waals surface area contributed by atoms with Crippen molar-refractivity contribution in [2.24, 2.45) is 4.99 Å². The van der Waals surface area contributed by atoms with Crippen molar-refractivity contribution >= 4 is 62.5 Å². The number of carboxylic acid groups (broad SMARTS) is 1. The SMILES string of the molecule is COC(=O)c1ccc(N=C2SC(=Cc3cc(OC)c(OCC(=O)O)cc3Br)C(=O)N2C)cc1. The van der Waals surface area contributed by atoms with Crippen LogP contribution in [-0.4, -0.2) is 60.9 Å². The molecule has 2 aromatic carbocycles. The van der Waals surface area contributed by atoms with Gasteiger partial charge in [0.25, 0.3) is 5.91 Å². The van der Waals surface area contributed by atoms with E-state index < -0.39 is 18.5 Å². The van der Waals surface area contributed by atoms with Crippen LogP contribution in [0.1, 0.15) is 15.9 Å². The highest BCUT2D eigenvalue weighted by molar-refractivity contribution is 9.10. The maximum atomic E-state index is 12.8. The van der Waals surface area contributed by atoms with E-state index in [0.29, 0.717) is 37.1 Å². The number of aliphatic carboxylic acids is 1. The zero-order valence-electron chi connectivity index (χ0n) is 17.8. The van der Waals surface area contributed by atoms with Gasteiger partial charge in [0, 0.05) is 11.5 Å². The molecule has 3 rings (SSSR count). The van der Waals surface area contributed by atoms with Crippen LogP contribution in [0.25, 0.3) is 6.08 Å². The number of thioether (sulfide) groups is 1. The predicted octanol–water partition coefficient (Wildman–Crippen LogP) is 3.94. The average molecular weight is 535 g/mol. The maximum absolute atomic E-state index is 12.8. The van der Waals surface area contributed by atoms with Gasteiger partial charge in [-0.1, -0.05) is 15.9 Å². The normalized spacial score (nSPS) is 15.8. The molecule has 33 heavy (non-hydrogen) atoms. The molecule has 2 aromatic rings. The summed E-state index contributed by atoms with van der Waals surface area (Å²) in [7, 11) is 4.37. The summed E-state index contributed by atoms with van der Waals surface area (Å²) in [5, 5.41) is 9.30. The number of amides is 1. The third-order valence-corrected chi connectivity index (χ3v) is 6.18. The molecule has 1 aliphatic rings. The molecule has 1 N–H and O–H groups in total. The van der Waals surface area contributed by atoms with Crippen LogP contribution in [0.4, 0.5) is 5.69 Å². The van der Waals surface area contributed by atoms with E-state index in [1.807, 2.05) is 0 Å². The van der Waals surface area contributed by atoms with Crippen LogP contribution in [-0.2, 0) is 14.3 Å². The van der Waals surface area contributed by atoms with Crippen LogP contribution in [0.5, 0.6) is 11.5 Å². The number of hydrogen-bond acceptors (Lipinski definition) is 8. The van der Waals surface area contributed by atoms with Gasteiger partial charge in [0.2, 0.25) is 0 Å². The quantitative estimate of drug-likeness (QED) is 0.419. The van der Waals surface area contributed by atoms with E-state index in [-0.39, 0.29) is 11.7 Å². The van der Waals surface area contributed by atoms with Crippen molar-refractivity contribution < 1.29 is 33.7 Å². The highest BCUT2D eigenvalue weighted by Crippen LogP contribution is 2.38. The average Bonchev–Trinajstić information content (AvgIpc) is 3.06. The Labute approximate surface area is 202 Å². The molecule has 1 heterocycles. The molecule has 0 bridgehead atoms. The van der Waals surface area contributed by atoms with Gasteiger partial charge in [-0.3, -0.25) is 9.69 Å². The Kier molecular flexibility index (Phi) is 7.77. The Morgan fingerprint density at radius 3 is 2.48 bits per heavy atom. The van der Waals surface area contributed by atoms with Gasteiger partial charge in [0.15, 0.2) is 23.3 Å². The van der Waals surface area contributed by atoms with Gasteiger partial charge in [0.05, 0.1) is 30.4 Å². The highest BCUT2D eigenvalue weighted by atomic mass is 79.9. The molecule has 1 saturated heterocycles. The molecular formula is C22H19BrN2O7S. The Balaban J connectivity index is 1.86. The number of amidine groups is 1. The zero-order chi connectivity index (χ0) is 24.1. The van der Waals surface area contributed by atoms with Gasteiger partial charge in [-0.25, -0.2) is 14.6 Å². The molecule has 11 heteroatoms. The minimum Gasteiger partial charge on any atom is -0.493 e. The number of carboxylic acids is 1. The van der Waals surface area contributed by atoms with Crippen LogP contribution in [0.15, 0.2) is 50.8 Å². The molecule has 1 aliphatic heterocycles. The number of rotatable bonds is 7. The van der Waals surface area contributed by atoms with Crippen molar-refractivity contribution in [1.29, 1.82) is 0 Å². The fourth-order valence-electron chi connectivity index (χ4n) is 2.77. The second kappa shape index (κ2) is 10.5. The number of carbonyl (C=O) groups excluding carboxylic acids is 2. The van der Waals surface area contributed by atoms with Gasteiger partial charge in [0.1, 0.15) is 0 Å². The van der Waals surface area contributed by atoms with E-state index in [1.165, 1.54) is 30.9 Å². The van der Waals surface area contributed by atoms with Crippen molar-refractivity contribution in [3.63, 3.8) is 0 Å². The zero-order valence-corrected chi connectivity index (χ0v) is 20.2. The number of carbonyl (C=O) groups is 3. The largest absolute Gasteiger partial charge is 0.493 e. The number of esters is 1. The molecule has 0 aromatic heterocycles. The Morgan fingerprint density at radius 1 is 1.18 bits per heavy atom. The number of likely N-dealkylation sites (N-methyl/N-ethyl adjacent to an activating group) is 1. The first-order chi connectivity index (χ1) is 15.7. The number of ether oxygens (including phenoxy) is 3. The Bertz CT molecular complexity index is 1160. The molecule has 9 nitrogen and oxygen atoms in total. The summed E-state index contributed by atoms with van der Waals surface area (Å²) < 4.78 is 15.8. The van der Waals surface area contributed by atoms with E-state index in [0.717, 1.165) is 0 Å². The summed E-state index contributed by atoms with van der Waals surface area (Å²) in [5.74, 6) is -1.20. The molecule has 1 fully saturated rings. The summed E-state index contributed by atoms with van der Waals surface area (Å²) in [6.07, 6.45) is 1.68. The highest BCUT2D eigenvalue weighted by Gasteiger charge is 2.30. The van der Waals surface area contributed by atoms with E-state index in [2.05, 4.69) is 25.7 Å². The Morgan fingerprint density at radius 2 is 1.88 bits per heavy atom. The van der Waals surface area contributed by atoms with Crippen molar-refractivity contribution in [1.82, 2.24) is 4.90 Å². The number of halogens is 1. The van der Waals surface area contributed by atoms with Crippen molar-refractivity contribution in [2.75, 3.05) is 27.9 Å². The number of aliphatic imine (C=N–C) groups is 1. The molecule has 0 aliphatic carbocycles. The second-order valence-electron chi connectivity index (χ2n) is 6.61. The van der Waals surface area contributed by atoms with Crippen LogP contribution in [0.3, 0.4) is 0 Å². The van der Waals surface area contributed by atoms with E-state index in [9.17, 15) is 14.4 Å². The summed E-state index contributed by atoms with van der Waals surface area (Å²) in [6, 6.07) is 9.75. The van der Waals surface area contributed by atoms with Crippen molar-refractivity contribution in [3.05, 3.63) is 56.9 Å². The summed E-state index contributed by atoms with van der Waals surface area (Å²) in [4.78, 5) is 41.5.